The Morgan fingerprint density at radius 3 is 1.86 bits per heavy atom. The molecule has 0 radical (unpaired) electrons. The largest absolute Gasteiger partial charge is 0.396 e. The number of aliphatic hydroxyl groups excluding tert-OH is 4. The topological polar surface area (TPSA) is 107 Å². The second-order valence-electron chi connectivity index (χ2n) is 8.46. The molecule has 0 aliphatic rings. The van der Waals surface area contributed by atoms with Crippen molar-refractivity contribution >= 4 is 0 Å². The highest BCUT2D eigenvalue weighted by molar-refractivity contribution is 5.23. The minimum absolute atomic E-state index is 0.0353. The van der Waals surface area contributed by atoms with Gasteiger partial charge in [0.2, 0.25) is 0 Å². The highest BCUT2D eigenvalue weighted by atomic mass is 16.3. The molecule has 0 aliphatic heterocycles. The maximum Gasteiger partial charge on any atom is 0.100 e. The summed E-state index contributed by atoms with van der Waals surface area (Å²) < 4.78 is 0. The van der Waals surface area contributed by atoms with E-state index in [4.69, 9.17) is 10.8 Å². The lowest BCUT2D eigenvalue weighted by Crippen LogP contribution is -2.58. The van der Waals surface area contributed by atoms with Crippen molar-refractivity contribution < 1.29 is 20.4 Å². The third-order valence-electron chi connectivity index (χ3n) is 5.89. The standard InChI is InChI=1S/C24H43NO4/c1-2-3-4-5-6-7-8-9-10-20-11-13-21(14-12-20)15-17-24(25,19-27)23(29)22(28)16-18-26/h11-14,22-23,26-29H,2-10,15-19,25H2,1H3. The van der Waals surface area contributed by atoms with Crippen LogP contribution in [0.1, 0.15) is 82.3 Å². The first-order chi connectivity index (χ1) is 14.0. The maximum atomic E-state index is 10.2. The van der Waals surface area contributed by atoms with E-state index >= 15 is 0 Å². The van der Waals surface area contributed by atoms with Gasteiger partial charge in [-0.3, -0.25) is 0 Å². The number of rotatable bonds is 17. The first-order valence-electron chi connectivity index (χ1n) is 11.4. The van der Waals surface area contributed by atoms with Crippen LogP contribution in [0.2, 0.25) is 0 Å². The van der Waals surface area contributed by atoms with Gasteiger partial charge in [-0.25, -0.2) is 0 Å². The summed E-state index contributed by atoms with van der Waals surface area (Å²) in [7, 11) is 0. The van der Waals surface area contributed by atoms with E-state index in [9.17, 15) is 15.3 Å². The highest BCUT2D eigenvalue weighted by Gasteiger charge is 2.37. The summed E-state index contributed by atoms with van der Waals surface area (Å²) in [6.45, 7) is 1.59. The van der Waals surface area contributed by atoms with E-state index in [0.717, 1.165) is 12.0 Å². The lowest BCUT2D eigenvalue weighted by atomic mass is 9.84. The van der Waals surface area contributed by atoms with Gasteiger partial charge in [-0.15, -0.1) is 0 Å². The molecule has 168 valence electrons. The predicted octanol–water partition coefficient (Wildman–Crippen LogP) is 3.10. The number of unbranched alkanes of at least 4 members (excludes halogenated alkanes) is 7. The normalized spacial score (nSPS) is 15.8. The Morgan fingerprint density at radius 2 is 1.34 bits per heavy atom. The van der Waals surface area contributed by atoms with E-state index in [0.29, 0.717) is 12.8 Å². The predicted molar refractivity (Wildman–Crippen MR) is 119 cm³/mol. The summed E-state index contributed by atoms with van der Waals surface area (Å²) in [5.74, 6) is 0. The van der Waals surface area contributed by atoms with Gasteiger partial charge in [0.1, 0.15) is 6.10 Å². The smallest absolute Gasteiger partial charge is 0.100 e. The fourth-order valence-corrected chi connectivity index (χ4v) is 3.71. The Labute approximate surface area is 177 Å². The van der Waals surface area contributed by atoms with Crippen molar-refractivity contribution in [3.63, 3.8) is 0 Å². The summed E-state index contributed by atoms with van der Waals surface area (Å²) in [5.41, 5.74) is 7.28. The summed E-state index contributed by atoms with van der Waals surface area (Å²) in [5, 5.41) is 38.7. The molecule has 5 nitrogen and oxygen atoms in total. The summed E-state index contributed by atoms with van der Waals surface area (Å²) >= 11 is 0. The molecule has 0 fully saturated rings. The van der Waals surface area contributed by atoms with Gasteiger partial charge in [0.05, 0.1) is 18.2 Å². The average molecular weight is 410 g/mol. The van der Waals surface area contributed by atoms with Crippen LogP contribution in [0.25, 0.3) is 0 Å². The number of nitrogens with two attached hydrogens (primary N) is 1. The molecule has 0 heterocycles. The van der Waals surface area contributed by atoms with Crippen LogP contribution in [-0.4, -0.2) is 51.4 Å². The van der Waals surface area contributed by atoms with Crippen molar-refractivity contribution in [2.75, 3.05) is 13.2 Å². The zero-order valence-corrected chi connectivity index (χ0v) is 18.2. The molecule has 1 aromatic rings. The molecule has 1 rings (SSSR count). The van der Waals surface area contributed by atoms with Crippen molar-refractivity contribution in [3.05, 3.63) is 35.4 Å². The summed E-state index contributed by atoms with van der Waals surface area (Å²) in [6.07, 6.45) is 10.2. The fourth-order valence-electron chi connectivity index (χ4n) is 3.71. The Morgan fingerprint density at radius 1 is 0.828 bits per heavy atom. The van der Waals surface area contributed by atoms with Gasteiger partial charge >= 0.3 is 0 Å². The molecule has 1 aromatic carbocycles. The molecule has 5 heteroatoms. The molecule has 29 heavy (non-hydrogen) atoms. The Bertz CT molecular complexity index is 522. The molecule has 0 bridgehead atoms. The number of aliphatic hydroxyl groups is 4. The first-order valence-corrected chi connectivity index (χ1v) is 11.4. The molecular weight excluding hydrogens is 366 g/mol. The highest BCUT2D eigenvalue weighted by Crippen LogP contribution is 2.20. The minimum Gasteiger partial charge on any atom is -0.396 e. The third kappa shape index (κ3) is 10.1. The maximum absolute atomic E-state index is 10.2. The summed E-state index contributed by atoms with van der Waals surface area (Å²) in [6, 6.07) is 8.44. The Hall–Kier alpha value is -0.980. The van der Waals surface area contributed by atoms with Crippen LogP contribution in [-0.2, 0) is 12.8 Å². The fraction of sp³-hybridized carbons (Fsp3) is 0.750. The molecular formula is C24H43NO4. The minimum atomic E-state index is -1.29. The average Bonchev–Trinajstić information content (AvgIpc) is 2.74. The van der Waals surface area contributed by atoms with Crippen molar-refractivity contribution in [3.8, 4) is 0 Å². The van der Waals surface area contributed by atoms with Gasteiger partial charge in [-0.1, -0.05) is 76.1 Å². The van der Waals surface area contributed by atoms with Gasteiger partial charge in [0.15, 0.2) is 0 Å². The van der Waals surface area contributed by atoms with E-state index in [2.05, 4.69) is 31.2 Å². The Kier molecular flexibility index (Phi) is 13.4. The second kappa shape index (κ2) is 14.9. The number of benzene rings is 1. The van der Waals surface area contributed by atoms with Crippen LogP contribution in [0.4, 0.5) is 0 Å². The van der Waals surface area contributed by atoms with Crippen LogP contribution in [0.3, 0.4) is 0 Å². The van der Waals surface area contributed by atoms with Gasteiger partial charge in [0, 0.05) is 6.61 Å². The first kappa shape index (κ1) is 26.1. The third-order valence-corrected chi connectivity index (χ3v) is 5.89. The molecule has 0 aliphatic carbocycles. The van der Waals surface area contributed by atoms with Gasteiger partial charge in [0.25, 0.3) is 0 Å². The number of hydrogen-bond acceptors (Lipinski definition) is 5. The van der Waals surface area contributed by atoms with Crippen LogP contribution in [0.5, 0.6) is 0 Å². The van der Waals surface area contributed by atoms with E-state index in [1.54, 1.807) is 0 Å². The number of hydrogen-bond donors (Lipinski definition) is 5. The molecule has 0 saturated heterocycles. The lowest BCUT2D eigenvalue weighted by molar-refractivity contribution is -0.0560. The van der Waals surface area contributed by atoms with Crippen LogP contribution >= 0.6 is 0 Å². The number of aryl methyl sites for hydroxylation is 2. The molecule has 6 N–H and O–H groups in total. The zero-order chi connectivity index (χ0) is 21.5. The lowest BCUT2D eigenvalue weighted by Gasteiger charge is -2.35. The van der Waals surface area contributed by atoms with E-state index < -0.39 is 24.4 Å². The van der Waals surface area contributed by atoms with Crippen LogP contribution in [0, 0.1) is 0 Å². The van der Waals surface area contributed by atoms with Gasteiger partial charge in [-0.05, 0) is 43.2 Å². The van der Waals surface area contributed by atoms with Crippen molar-refractivity contribution in [1.82, 2.24) is 0 Å². The van der Waals surface area contributed by atoms with Gasteiger partial charge in [-0.2, -0.15) is 0 Å². The molecule has 3 atom stereocenters. The van der Waals surface area contributed by atoms with Crippen LogP contribution < -0.4 is 5.73 Å². The van der Waals surface area contributed by atoms with Crippen LogP contribution in [0.15, 0.2) is 24.3 Å². The van der Waals surface area contributed by atoms with Gasteiger partial charge < -0.3 is 26.2 Å². The van der Waals surface area contributed by atoms with E-state index in [1.165, 1.54) is 56.9 Å². The molecule has 0 saturated carbocycles. The summed E-state index contributed by atoms with van der Waals surface area (Å²) in [4.78, 5) is 0. The SMILES string of the molecule is CCCCCCCCCCc1ccc(CCC(N)(CO)C(O)C(O)CCO)cc1. The van der Waals surface area contributed by atoms with Crippen molar-refractivity contribution in [2.24, 2.45) is 5.73 Å². The van der Waals surface area contributed by atoms with Crippen molar-refractivity contribution in [2.45, 2.75) is 102 Å². The second-order valence-corrected chi connectivity index (χ2v) is 8.46. The monoisotopic (exact) mass is 409 g/mol. The molecule has 0 spiro atoms. The van der Waals surface area contributed by atoms with Crippen molar-refractivity contribution in [1.29, 1.82) is 0 Å². The Balaban J connectivity index is 2.36. The van der Waals surface area contributed by atoms with E-state index in [1.807, 2.05) is 0 Å². The quantitative estimate of drug-likeness (QED) is 0.254. The molecule has 3 unspecified atom stereocenters. The zero-order valence-electron chi connectivity index (χ0n) is 18.2. The van der Waals surface area contributed by atoms with E-state index in [-0.39, 0.29) is 13.0 Å². The molecule has 0 aromatic heterocycles. The molecule has 0 amide bonds.